The van der Waals surface area contributed by atoms with E-state index in [-0.39, 0.29) is 4.90 Å². The van der Waals surface area contributed by atoms with E-state index in [1.54, 1.807) is 24.3 Å². The number of nitrogens with zero attached hydrogens (tertiary/aromatic N) is 1. The van der Waals surface area contributed by atoms with Gasteiger partial charge in [0.05, 0.1) is 5.69 Å². The van der Waals surface area contributed by atoms with E-state index in [1.807, 2.05) is 6.92 Å². The van der Waals surface area contributed by atoms with Crippen molar-refractivity contribution in [1.29, 1.82) is 0 Å². The molecule has 1 aromatic rings. The fraction of sp³-hybridized carbons (Fsp3) is 0.182. The summed E-state index contributed by atoms with van der Waals surface area (Å²) in [7, 11) is -3.56. The highest BCUT2D eigenvalue weighted by molar-refractivity contribution is 8.15. The van der Waals surface area contributed by atoms with Gasteiger partial charge in [0.1, 0.15) is 4.90 Å². The van der Waals surface area contributed by atoms with Crippen LogP contribution in [0.4, 0.5) is 5.69 Å². The lowest BCUT2D eigenvalue weighted by molar-refractivity contribution is 0.598. The lowest BCUT2D eigenvalue weighted by Crippen LogP contribution is -2.19. The molecule has 0 unspecified atom stereocenters. The fourth-order valence-corrected chi connectivity index (χ4v) is 3.43. The van der Waals surface area contributed by atoms with Crippen molar-refractivity contribution >= 4 is 32.6 Å². The molecule has 1 aromatic carbocycles. The van der Waals surface area contributed by atoms with Gasteiger partial charge in [0.2, 0.25) is 0 Å². The van der Waals surface area contributed by atoms with Crippen LogP contribution < -0.4 is 5.32 Å². The van der Waals surface area contributed by atoms with Crippen LogP contribution in [0, 0.1) is 0 Å². The van der Waals surface area contributed by atoms with Crippen LogP contribution in [-0.4, -0.2) is 19.3 Å². The van der Waals surface area contributed by atoms with Gasteiger partial charge in [0.25, 0.3) is 10.0 Å². The molecule has 2 rings (SSSR count). The normalized spacial score (nSPS) is 16.6. The van der Waals surface area contributed by atoms with Gasteiger partial charge in [0.15, 0.2) is 5.17 Å². The number of benzene rings is 1. The summed E-state index contributed by atoms with van der Waals surface area (Å²) in [6, 6.07) is 6.73. The van der Waals surface area contributed by atoms with Crippen molar-refractivity contribution in [3.63, 3.8) is 0 Å². The monoisotopic (exact) mass is 268 g/mol. The van der Waals surface area contributed by atoms with Crippen LogP contribution in [0.25, 0.3) is 0 Å². The number of amidine groups is 1. The minimum Gasteiger partial charge on any atom is -0.333 e. The Morgan fingerprint density at radius 2 is 2.18 bits per heavy atom. The van der Waals surface area contributed by atoms with E-state index in [0.29, 0.717) is 16.6 Å². The molecule has 6 heteroatoms. The number of anilines is 1. The minimum absolute atomic E-state index is 0.222. The maximum Gasteiger partial charge on any atom is 0.286 e. The second kappa shape index (κ2) is 4.54. The quantitative estimate of drug-likeness (QED) is 0.837. The Labute approximate surface area is 105 Å². The van der Waals surface area contributed by atoms with E-state index in [1.165, 1.54) is 11.8 Å². The molecule has 0 fully saturated rings. The van der Waals surface area contributed by atoms with Gasteiger partial charge in [0, 0.05) is 5.75 Å². The zero-order valence-corrected chi connectivity index (χ0v) is 10.9. The topological polar surface area (TPSA) is 58.5 Å². The summed E-state index contributed by atoms with van der Waals surface area (Å²) in [6.07, 6.45) is 0. The van der Waals surface area contributed by atoms with Crippen molar-refractivity contribution in [1.82, 2.24) is 0 Å². The molecule has 90 valence electrons. The number of sulfonamides is 1. The third kappa shape index (κ3) is 2.70. The molecule has 1 aliphatic heterocycles. The molecule has 0 radical (unpaired) electrons. The van der Waals surface area contributed by atoms with Crippen molar-refractivity contribution in [3.05, 3.63) is 36.4 Å². The van der Waals surface area contributed by atoms with E-state index in [2.05, 4.69) is 16.3 Å². The summed E-state index contributed by atoms with van der Waals surface area (Å²) >= 11 is 1.33. The summed E-state index contributed by atoms with van der Waals surface area (Å²) in [4.78, 5) is 0.222. The first-order valence-electron chi connectivity index (χ1n) is 4.97. The molecule has 17 heavy (non-hydrogen) atoms. The van der Waals surface area contributed by atoms with E-state index in [9.17, 15) is 8.42 Å². The number of hydrogen-bond donors (Lipinski definition) is 1. The Bertz CT molecular complexity index is 591. The molecule has 0 atom stereocenters. The Morgan fingerprint density at radius 1 is 1.47 bits per heavy atom. The highest BCUT2D eigenvalue weighted by atomic mass is 32.2. The maximum absolute atomic E-state index is 11.9. The molecule has 0 bridgehead atoms. The molecule has 1 heterocycles. The van der Waals surface area contributed by atoms with Gasteiger partial charge in [-0.05, 0) is 19.1 Å². The zero-order valence-electron chi connectivity index (χ0n) is 9.30. The van der Waals surface area contributed by atoms with Crippen molar-refractivity contribution in [2.45, 2.75) is 11.8 Å². The molecule has 0 amide bonds. The van der Waals surface area contributed by atoms with Crippen molar-refractivity contribution in [3.8, 4) is 0 Å². The Hall–Kier alpha value is -1.27. The highest BCUT2D eigenvalue weighted by Crippen LogP contribution is 2.29. The first-order valence-corrected chi connectivity index (χ1v) is 7.40. The van der Waals surface area contributed by atoms with Crippen LogP contribution in [0.3, 0.4) is 0 Å². The average molecular weight is 268 g/mol. The second-order valence-electron chi connectivity index (χ2n) is 3.74. The van der Waals surface area contributed by atoms with Crippen molar-refractivity contribution in [2.75, 3.05) is 11.1 Å². The molecule has 4 nitrogen and oxygen atoms in total. The fourth-order valence-electron chi connectivity index (χ4n) is 1.35. The molecular formula is C11H12N2O2S2. The Balaban J connectivity index is 2.32. The number of nitrogens with one attached hydrogen (secondary N) is 1. The van der Waals surface area contributed by atoms with E-state index < -0.39 is 10.0 Å². The molecule has 1 N–H and O–H groups in total. The maximum atomic E-state index is 11.9. The number of hydrogen-bond acceptors (Lipinski definition) is 4. The molecule has 0 saturated carbocycles. The van der Waals surface area contributed by atoms with Crippen LogP contribution in [0.1, 0.15) is 6.92 Å². The summed E-state index contributed by atoms with van der Waals surface area (Å²) in [6.45, 7) is 5.65. The number of thioether (sulfide) groups is 1. The van der Waals surface area contributed by atoms with Gasteiger partial charge < -0.3 is 5.32 Å². The lowest BCUT2D eigenvalue weighted by Gasteiger charge is -2.17. The van der Waals surface area contributed by atoms with Crippen LogP contribution in [0.5, 0.6) is 0 Å². The van der Waals surface area contributed by atoms with Crippen LogP contribution >= 0.6 is 11.8 Å². The summed E-state index contributed by atoms with van der Waals surface area (Å²) in [5, 5.41) is 3.40. The predicted octanol–water partition coefficient (Wildman–Crippen LogP) is 2.47. The first kappa shape index (κ1) is 12.2. The third-order valence-corrected chi connectivity index (χ3v) is 4.62. The third-order valence-electron chi connectivity index (χ3n) is 2.06. The molecule has 0 spiro atoms. The zero-order chi connectivity index (χ0) is 12.5. The summed E-state index contributed by atoms with van der Waals surface area (Å²) in [5.41, 5.74) is 1.54. The van der Waals surface area contributed by atoms with E-state index >= 15 is 0 Å². The largest absolute Gasteiger partial charge is 0.333 e. The van der Waals surface area contributed by atoms with Gasteiger partial charge in [-0.2, -0.15) is 8.42 Å². The molecule has 0 aliphatic carbocycles. The molecular weight excluding hydrogens is 256 g/mol. The predicted molar refractivity (Wildman–Crippen MR) is 72.0 cm³/mol. The lowest BCUT2D eigenvalue weighted by atomic mass is 10.3. The van der Waals surface area contributed by atoms with Gasteiger partial charge in [-0.25, -0.2) is 0 Å². The highest BCUT2D eigenvalue weighted by Gasteiger charge is 2.24. The van der Waals surface area contributed by atoms with E-state index in [0.717, 1.165) is 5.57 Å². The summed E-state index contributed by atoms with van der Waals surface area (Å²) in [5.74, 6) is 0.642. The van der Waals surface area contributed by atoms with Crippen molar-refractivity contribution in [2.24, 2.45) is 4.40 Å². The number of para-hydroxylation sites is 1. The standard InChI is InChI=1S/C11H12N2O2S2/c1-8(2)7-16-11-12-9-5-3-4-6-10(9)17(14,15)13-11/h3-6H,1,7H2,2H3,(H,12,13). The van der Waals surface area contributed by atoms with E-state index in [4.69, 9.17) is 0 Å². The average Bonchev–Trinajstić information content (AvgIpc) is 2.25. The second-order valence-corrected chi connectivity index (χ2v) is 6.28. The SMILES string of the molecule is C=C(C)CSC1=NS(=O)(=O)c2ccccc2N1. The van der Waals surface area contributed by atoms with Gasteiger partial charge in [-0.15, -0.1) is 4.40 Å². The Morgan fingerprint density at radius 3 is 2.88 bits per heavy atom. The van der Waals surface area contributed by atoms with Crippen molar-refractivity contribution < 1.29 is 8.42 Å². The number of fused-ring (bicyclic) bond motifs is 1. The van der Waals surface area contributed by atoms with Crippen LogP contribution in [0.15, 0.2) is 45.7 Å². The molecule has 0 aromatic heterocycles. The first-order chi connectivity index (χ1) is 7.99. The molecule has 0 saturated heterocycles. The smallest absolute Gasteiger partial charge is 0.286 e. The van der Waals surface area contributed by atoms with Crippen LogP contribution in [-0.2, 0) is 10.0 Å². The summed E-state index contributed by atoms with van der Waals surface area (Å²) < 4.78 is 27.5. The molecule has 1 aliphatic rings. The van der Waals surface area contributed by atoms with Gasteiger partial charge in [-0.1, -0.05) is 36.0 Å². The van der Waals surface area contributed by atoms with Gasteiger partial charge >= 0.3 is 0 Å². The number of rotatable bonds is 2. The van der Waals surface area contributed by atoms with Crippen LogP contribution in [0.2, 0.25) is 0 Å². The van der Waals surface area contributed by atoms with Gasteiger partial charge in [-0.3, -0.25) is 0 Å². The minimum atomic E-state index is -3.56. The Kier molecular flexibility index (Phi) is 3.26.